The molecule has 0 amide bonds. The molecule has 0 spiro atoms. The van der Waals surface area contributed by atoms with Crippen molar-refractivity contribution in [1.29, 1.82) is 0 Å². The molecule has 2 aromatic rings. The van der Waals surface area contributed by atoms with Crippen LogP contribution in [0, 0.1) is 6.92 Å². The zero-order valence-electron chi connectivity index (χ0n) is 10.9. The van der Waals surface area contributed by atoms with Crippen LogP contribution < -0.4 is 4.74 Å². The maximum absolute atomic E-state index is 10.3. The number of benzene rings is 2. The van der Waals surface area contributed by atoms with Crippen molar-refractivity contribution in [2.24, 2.45) is 0 Å². The number of aliphatic hydroxyl groups excluding tert-OH is 1. The van der Waals surface area contributed by atoms with Crippen molar-refractivity contribution in [3.8, 4) is 5.75 Å². The summed E-state index contributed by atoms with van der Waals surface area (Å²) >= 11 is 9.47. The van der Waals surface area contributed by atoms with Gasteiger partial charge in [0.1, 0.15) is 11.9 Å². The predicted octanol–water partition coefficient (Wildman–Crippen LogP) is 4.97. The molecule has 0 aromatic heterocycles. The number of rotatable bonds is 1. The lowest BCUT2D eigenvalue weighted by Crippen LogP contribution is -2.19. The highest BCUT2D eigenvalue weighted by molar-refractivity contribution is 9.10. The van der Waals surface area contributed by atoms with Gasteiger partial charge in [-0.05, 0) is 31.2 Å². The third-order valence-corrected chi connectivity index (χ3v) is 4.46. The van der Waals surface area contributed by atoms with Gasteiger partial charge >= 0.3 is 0 Å². The molecule has 3 rings (SSSR count). The van der Waals surface area contributed by atoms with E-state index in [-0.39, 0.29) is 6.10 Å². The Morgan fingerprint density at radius 2 is 2.00 bits per heavy atom. The van der Waals surface area contributed by atoms with Crippen LogP contribution in [0.25, 0.3) is 0 Å². The third-order valence-electron chi connectivity index (χ3n) is 3.54. The van der Waals surface area contributed by atoms with E-state index in [4.69, 9.17) is 16.3 Å². The van der Waals surface area contributed by atoms with Crippen LogP contribution >= 0.6 is 27.5 Å². The highest BCUT2D eigenvalue weighted by Gasteiger charge is 2.29. The molecule has 1 heterocycles. The van der Waals surface area contributed by atoms with Gasteiger partial charge in [0, 0.05) is 27.0 Å². The van der Waals surface area contributed by atoms with E-state index in [0.29, 0.717) is 11.4 Å². The lowest BCUT2D eigenvalue weighted by atomic mass is 9.94. The Kier molecular flexibility index (Phi) is 3.76. The van der Waals surface area contributed by atoms with Gasteiger partial charge in [-0.15, -0.1) is 0 Å². The van der Waals surface area contributed by atoms with E-state index in [9.17, 15) is 5.11 Å². The van der Waals surface area contributed by atoms with Crippen molar-refractivity contribution in [2.45, 2.75) is 25.6 Å². The SMILES string of the molecule is Cc1ccc2c(c1)C(O)CC(c1ccc(Cl)cc1Br)O2. The summed E-state index contributed by atoms with van der Waals surface area (Å²) in [6.07, 6.45) is -0.144. The normalized spacial score (nSPS) is 21.2. The molecule has 0 fully saturated rings. The molecule has 0 saturated carbocycles. The minimum Gasteiger partial charge on any atom is -0.485 e. The molecule has 2 atom stereocenters. The highest BCUT2D eigenvalue weighted by atomic mass is 79.9. The lowest BCUT2D eigenvalue weighted by molar-refractivity contribution is 0.0653. The van der Waals surface area contributed by atoms with Crippen molar-refractivity contribution in [1.82, 2.24) is 0 Å². The molecule has 0 aliphatic carbocycles. The number of aliphatic hydroxyl groups is 1. The molecule has 2 nitrogen and oxygen atoms in total. The molecule has 104 valence electrons. The van der Waals surface area contributed by atoms with Crippen LogP contribution in [0.4, 0.5) is 0 Å². The van der Waals surface area contributed by atoms with Gasteiger partial charge in [-0.25, -0.2) is 0 Å². The fourth-order valence-electron chi connectivity index (χ4n) is 2.52. The second kappa shape index (κ2) is 5.40. The van der Waals surface area contributed by atoms with Crippen LogP contribution in [0.1, 0.15) is 35.3 Å². The summed E-state index contributed by atoms with van der Waals surface area (Å²) in [6, 6.07) is 11.5. The molecule has 1 aliphatic heterocycles. The zero-order chi connectivity index (χ0) is 14.3. The zero-order valence-corrected chi connectivity index (χ0v) is 13.3. The number of ether oxygens (including phenoxy) is 1. The van der Waals surface area contributed by atoms with E-state index in [0.717, 1.165) is 26.9 Å². The van der Waals surface area contributed by atoms with Crippen molar-refractivity contribution in [3.05, 3.63) is 62.6 Å². The molecular formula is C16H14BrClO2. The molecule has 2 unspecified atom stereocenters. The average molecular weight is 354 g/mol. The van der Waals surface area contributed by atoms with Gasteiger partial charge in [-0.3, -0.25) is 0 Å². The maximum Gasteiger partial charge on any atom is 0.128 e. The van der Waals surface area contributed by atoms with Crippen LogP contribution in [0.5, 0.6) is 5.75 Å². The molecule has 0 bridgehead atoms. The Labute approximate surface area is 131 Å². The van der Waals surface area contributed by atoms with Gasteiger partial charge in [0.25, 0.3) is 0 Å². The van der Waals surface area contributed by atoms with Gasteiger partial charge in [0.15, 0.2) is 0 Å². The van der Waals surface area contributed by atoms with Crippen molar-refractivity contribution < 1.29 is 9.84 Å². The second-order valence-electron chi connectivity index (χ2n) is 5.07. The van der Waals surface area contributed by atoms with Gasteiger partial charge < -0.3 is 9.84 Å². The number of fused-ring (bicyclic) bond motifs is 1. The first kappa shape index (κ1) is 13.9. The summed E-state index contributed by atoms with van der Waals surface area (Å²) in [4.78, 5) is 0. The second-order valence-corrected chi connectivity index (χ2v) is 6.36. The summed E-state index contributed by atoms with van der Waals surface area (Å²) in [6.45, 7) is 2.01. The molecule has 1 aliphatic rings. The molecule has 0 radical (unpaired) electrons. The number of hydrogen-bond acceptors (Lipinski definition) is 2. The summed E-state index contributed by atoms with van der Waals surface area (Å²) in [5.74, 6) is 0.751. The van der Waals surface area contributed by atoms with Crippen molar-refractivity contribution in [2.75, 3.05) is 0 Å². The van der Waals surface area contributed by atoms with Crippen LogP contribution in [0.15, 0.2) is 40.9 Å². The average Bonchev–Trinajstić information content (AvgIpc) is 2.39. The number of hydrogen-bond donors (Lipinski definition) is 1. The monoisotopic (exact) mass is 352 g/mol. The standard InChI is InChI=1S/C16H14BrClO2/c1-9-2-5-15-12(6-9)14(19)8-16(20-15)11-4-3-10(18)7-13(11)17/h2-7,14,16,19H,8H2,1H3. The minimum atomic E-state index is -0.508. The van der Waals surface area contributed by atoms with E-state index in [1.165, 1.54) is 0 Å². The summed E-state index contributed by atoms with van der Waals surface area (Å²) < 4.78 is 6.93. The Hall–Kier alpha value is -1.03. The smallest absolute Gasteiger partial charge is 0.128 e. The fraction of sp³-hybridized carbons (Fsp3) is 0.250. The van der Waals surface area contributed by atoms with E-state index >= 15 is 0 Å². The first-order valence-corrected chi connectivity index (χ1v) is 7.62. The Morgan fingerprint density at radius 1 is 1.20 bits per heavy atom. The molecule has 1 N–H and O–H groups in total. The third kappa shape index (κ3) is 2.58. The van der Waals surface area contributed by atoms with Gasteiger partial charge in [-0.2, -0.15) is 0 Å². The van der Waals surface area contributed by atoms with E-state index in [1.807, 2.05) is 43.3 Å². The van der Waals surface area contributed by atoms with Gasteiger partial charge in [0.2, 0.25) is 0 Å². The predicted molar refractivity (Wildman–Crippen MR) is 83.3 cm³/mol. The Bertz CT molecular complexity index is 657. The van der Waals surface area contributed by atoms with E-state index in [1.54, 1.807) is 0 Å². The quantitative estimate of drug-likeness (QED) is 0.784. The largest absolute Gasteiger partial charge is 0.485 e. The van der Waals surface area contributed by atoms with E-state index < -0.39 is 6.10 Å². The first-order chi connectivity index (χ1) is 9.54. The van der Waals surface area contributed by atoms with Crippen LogP contribution in [-0.2, 0) is 0 Å². The molecule has 20 heavy (non-hydrogen) atoms. The summed E-state index contributed by atoms with van der Waals surface area (Å²) in [5.41, 5.74) is 2.99. The topological polar surface area (TPSA) is 29.5 Å². The Morgan fingerprint density at radius 3 is 2.75 bits per heavy atom. The minimum absolute atomic E-state index is 0.174. The summed E-state index contributed by atoms with van der Waals surface area (Å²) in [5, 5.41) is 11.0. The van der Waals surface area contributed by atoms with Gasteiger partial charge in [0.05, 0.1) is 6.10 Å². The van der Waals surface area contributed by atoms with Gasteiger partial charge in [-0.1, -0.05) is 45.2 Å². The highest BCUT2D eigenvalue weighted by Crippen LogP contribution is 2.43. The van der Waals surface area contributed by atoms with Crippen molar-refractivity contribution in [3.63, 3.8) is 0 Å². The molecule has 2 aromatic carbocycles. The number of aryl methyl sites for hydroxylation is 1. The van der Waals surface area contributed by atoms with E-state index in [2.05, 4.69) is 15.9 Å². The fourth-order valence-corrected chi connectivity index (χ4v) is 3.46. The number of halogens is 2. The van der Waals surface area contributed by atoms with Crippen LogP contribution in [0.2, 0.25) is 5.02 Å². The molecule has 4 heteroatoms. The first-order valence-electron chi connectivity index (χ1n) is 6.45. The molecule has 0 saturated heterocycles. The van der Waals surface area contributed by atoms with Crippen LogP contribution in [0.3, 0.4) is 0 Å². The van der Waals surface area contributed by atoms with Crippen LogP contribution in [-0.4, -0.2) is 5.11 Å². The van der Waals surface area contributed by atoms with Crippen molar-refractivity contribution >= 4 is 27.5 Å². The lowest BCUT2D eigenvalue weighted by Gasteiger charge is -2.30. The Balaban J connectivity index is 1.97. The molecular weight excluding hydrogens is 340 g/mol. The summed E-state index contributed by atoms with van der Waals surface area (Å²) in [7, 11) is 0. The maximum atomic E-state index is 10.3.